The molecule has 0 saturated carbocycles. The smallest absolute Gasteiger partial charge is 0.339 e. The van der Waals surface area contributed by atoms with Gasteiger partial charge in [-0.25, -0.2) is 4.79 Å². The van der Waals surface area contributed by atoms with Crippen LogP contribution in [0, 0.1) is 10.1 Å². The molecule has 0 aliphatic heterocycles. The molecule has 0 spiro atoms. The summed E-state index contributed by atoms with van der Waals surface area (Å²) < 4.78 is 5.16. The van der Waals surface area contributed by atoms with Gasteiger partial charge in [0.05, 0.1) is 16.0 Å². The quantitative estimate of drug-likeness (QED) is 0.384. The average Bonchev–Trinajstić information content (AvgIpc) is 2.71. The van der Waals surface area contributed by atoms with E-state index < -0.39 is 23.4 Å². The molecule has 1 aromatic heterocycles. The number of fused-ring (bicyclic) bond motifs is 1. The average molecular weight is 393 g/mol. The molecule has 3 aromatic rings. The summed E-state index contributed by atoms with van der Waals surface area (Å²) in [5.41, 5.74) is 1.51. The zero-order valence-corrected chi connectivity index (χ0v) is 15.9. The van der Waals surface area contributed by atoms with Gasteiger partial charge in [-0.05, 0) is 24.1 Å². The van der Waals surface area contributed by atoms with Gasteiger partial charge in [-0.15, -0.1) is 0 Å². The van der Waals surface area contributed by atoms with E-state index in [1.165, 1.54) is 18.2 Å². The summed E-state index contributed by atoms with van der Waals surface area (Å²) in [7, 11) is 0. The van der Waals surface area contributed by atoms with Gasteiger partial charge < -0.3 is 10.1 Å². The maximum atomic E-state index is 12.6. The topological polar surface area (TPSA) is 111 Å². The number of para-hydroxylation sites is 3. The SMILES string of the molecule is CC(C)c1cc(C(=O)OCC(=O)Nc2ccccc2[N+](=O)[O-])c2ccccc2n1. The highest BCUT2D eigenvalue weighted by Gasteiger charge is 2.19. The third-order valence-electron chi connectivity index (χ3n) is 4.26. The first-order chi connectivity index (χ1) is 13.9. The van der Waals surface area contributed by atoms with E-state index in [2.05, 4.69) is 10.3 Å². The van der Waals surface area contributed by atoms with Crippen molar-refractivity contribution in [1.82, 2.24) is 4.98 Å². The summed E-state index contributed by atoms with van der Waals surface area (Å²) in [5.74, 6) is -1.23. The van der Waals surface area contributed by atoms with E-state index in [9.17, 15) is 19.7 Å². The molecule has 1 N–H and O–H groups in total. The number of nitrogens with zero attached hydrogens (tertiary/aromatic N) is 2. The van der Waals surface area contributed by atoms with Crippen molar-refractivity contribution in [2.24, 2.45) is 0 Å². The van der Waals surface area contributed by atoms with Crippen LogP contribution >= 0.6 is 0 Å². The van der Waals surface area contributed by atoms with E-state index in [4.69, 9.17) is 4.74 Å². The Morgan fingerprint density at radius 3 is 2.55 bits per heavy atom. The van der Waals surface area contributed by atoms with Crippen LogP contribution in [-0.2, 0) is 9.53 Å². The van der Waals surface area contributed by atoms with Crippen molar-refractivity contribution in [3.05, 3.63) is 76.0 Å². The number of nitro groups is 1. The summed E-state index contributed by atoms with van der Waals surface area (Å²) in [6.07, 6.45) is 0. The van der Waals surface area contributed by atoms with Crippen LogP contribution in [0.1, 0.15) is 35.8 Å². The first kappa shape index (κ1) is 19.9. The van der Waals surface area contributed by atoms with Crippen LogP contribution in [0.5, 0.6) is 0 Å². The van der Waals surface area contributed by atoms with Gasteiger partial charge in [-0.2, -0.15) is 0 Å². The maximum Gasteiger partial charge on any atom is 0.339 e. The summed E-state index contributed by atoms with van der Waals surface area (Å²) >= 11 is 0. The molecule has 8 nitrogen and oxygen atoms in total. The van der Waals surface area contributed by atoms with Gasteiger partial charge in [0.2, 0.25) is 0 Å². The lowest BCUT2D eigenvalue weighted by atomic mass is 10.0. The standard InChI is InChI=1S/C21H19N3O5/c1-13(2)18-11-15(14-7-3-4-8-16(14)22-18)21(26)29-12-20(25)23-17-9-5-6-10-19(17)24(27)28/h3-11,13H,12H2,1-2H3,(H,23,25). The number of hydrogen-bond acceptors (Lipinski definition) is 6. The molecule has 3 rings (SSSR count). The van der Waals surface area contributed by atoms with Gasteiger partial charge in [0.15, 0.2) is 6.61 Å². The number of esters is 1. The Hall–Kier alpha value is -3.81. The molecule has 1 heterocycles. The fourth-order valence-corrected chi connectivity index (χ4v) is 2.79. The minimum atomic E-state index is -0.671. The minimum absolute atomic E-state index is 0.0370. The highest BCUT2D eigenvalue weighted by molar-refractivity contribution is 6.04. The monoisotopic (exact) mass is 393 g/mol. The van der Waals surface area contributed by atoms with Crippen LogP contribution < -0.4 is 5.32 Å². The number of nitro benzene ring substituents is 1. The number of benzene rings is 2. The molecule has 148 valence electrons. The highest BCUT2D eigenvalue weighted by Crippen LogP contribution is 2.24. The zero-order chi connectivity index (χ0) is 21.0. The number of carbonyl (C=O) groups excluding carboxylic acids is 2. The molecular weight excluding hydrogens is 374 g/mol. The van der Waals surface area contributed by atoms with Crippen molar-refractivity contribution < 1.29 is 19.2 Å². The highest BCUT2D eigenvalue weighted by atomic mass is 16.6. The van der Waals surface area contributed by atoms with Crippen LogP contribution in [0.15, 0.2) is 54.6 Å². The van der Waals surface area contributed by atoms with Gasteiger partial charge >= 0.3 is 5.97 Å². The van der Waals surface area contributed by atoms with E-state index in [1.807, 2.05) is 19.9 Å². The molecule has 8 heteroatoms. The first-order valence-corrected chi connectivity index (χ1v) is 8.97. The molecule has 0 saturated heterocycles. The Bertz CT molecular complexity index is 1090. The number of amides is 1. The summed E-state index contributed by atoms with van der Waals surface area (Å²) in [4.78, 5) is 39.7. The number of pyridine rings is 1. The third-order valence-corrected chi connectivity index (χ3v) is 4.26. The van der Waals surface area contributed by atoms with Gasteiger partial charge in [-0.1, -0.05) is 44.2 Å². The van der Waals surface area contributed by atoms with Crippen LogP contribution in [0.4, 0.5) is 11.4 Å². The molecule has 0 aliphatic rings. The van der Waals surface area contributed by atoms with Crippen LogP contribution in [0.25, 0.3) is 10.9 Å². The van der Waals surface area contributed by atoms with E-state index in [0.717, 1.165) is 5.69 Å². The van der Waals surface area contributed by atoms with Crippen LogP contribution in [0.2, 0.25) is 0 Å². The molecule has 0 radical (unpaired) electrons. The van der Waals surface area contributed by atoms with Crippen molar-refractivity contribution in [1.29, 1.82) is 0 Å². The lowest BCUT2D eigenvalue weighted by Gasteiger charge is -2.11. The predicted molar refractivity (Wildman–Crippen MR) is 108 cm³/mol. The van der Waals surface area contributed by atoms with E-state index in [1.54, 1.807) is 30.3 Å². The Morgan fingerprint density at radius 2 is 1.83 bits per heavy atom. The predicted octanol–water partition coefficient (Wildman–Crippen LogP) is 4.06. The first-order valence-electron chi connectivity index (χ1n) is 8.97. The largest absolute Gasteiger partial charge is 0.452 e. The fourth-order valence-electron chi connectivity index (χ4n) is 2.79. The Morgan fingerprint density at radius 1 is 1.14 bits per heavy atom. The third kappa shape index (κ3) is 4.55. The number of ether oxygens (including phenoxy) is 1. The Balaban J connectivity index is 1.76. The van der Waals surface area contributed by atoms with E-state index >= 15 is 0 Å². The van der Waals surface area contributed by atoms with Crippen molar-refractivity contribution in [3.8, 4) is 0 Å². The van der Waals surface area contributed by atoms with Gasteiger partial charge in [0.25, 0.3) is 11.6 Å². The molecular formula is C21H19N3O5. The fraction of sp³-hybridized carbons (Fsp3) is 0.190. The van der Waals surface area contributed by atoms with Gasteiger partial charge in [-0.3, -0.25) is 19.9 Å². The molecule has 0 aliphatic carbocycles. The molecule has 0 atom stereocenters. The number of aromatic nitrogens is 1. The molecule has 0 fully saturated rings. The molecule has 0 bridgehead atoms. The van der Waals surface area contributed by atoms with Crippen molar-refractivity contribution >= 4 is 34.2 Å². The summed E-state index contributed by atoms with van der Waals surface area (Å²) in [5, 5.41) is 14.0. The second-order valence-corrected chi connectivity index (χ2v) is 6.67. The van der Waals surface area contributed by atoms with E-state index in [0.29, 0.717) is 16.5 Å². The minimum Gasteiger partial charge on any atom is -0.452 e. The summed E-state index contributed by atoms with van der Waals surface area (Å²) in [6.45, 7) is 3.36. The lowest BCUT2D eigenvalue weighted by Crippen LogP contribution is -2.21. The second kappa shape index (κ2) is 8.47. The number of nitrogens with one attached hydrogen (secondary N) is 1. The number of rotatable bonds is 6. The van der Waals surface area contributed by atoms with Gasteiger partial charge in [0, 0.05) is 17.1 Å². The van der Waals surface area contributed by atoms with Crippen molar-refractivity contribution in [3.63, 3.8) is 0 Å². The summed E-state index contributed by atoms with van der Waals surface area (Å²) in [6, 6.07) is 14.6. The maximum absolute atomic E-state index is 12.6. The molecule has 0 unspecified atom stereocenters. The molecule has 2 aromatic carbocycles. The number of hydrogen-bond donors (Lipinski definition) is 1. The molecule has 1 amide bonds. The Kier molecular flexibility index (Phi) is 5.82. The normalized spacial score (nSPS) is 10.7. The number of carbonyl (C=O) groups is 2. The van der Waals surface area contributed by atoms with E-state index in [-0.39, 0.29) is 17.3 Å². The number of anilines is 1. The van der Waals surface area contributed by atoms with Crippen LogP contribution in [0.3, 0.4) is 0 Å². The van der Waals surface area contributed by atoms with Crippen molar-refractivity contribution in [2.75, 3.05) is 11.9 Å². The second-order valence-electron chi connectivity index (χ2n) is 6.67. The van der Waals surface area contributed by atoms with Gasteiger partial charge in [0.1, 0.15) is 5.69 Å². The van der Waals surface area contributed by atoms with Crippen LogP contribution in [-0.4, -0.2) is 28.4 Å². The zero-order valence-electron chi connectivity index (χ0n) is 15.9. The lowest BCUT2D eigenvalue weighted by molar-refractivity contribution is -0.383. The molecule has 29 heavy (non-hydrogen) atoms. The Labute approximate surface area is 166 Å². The van der Waals surface area contributed by atoms with Crippen molar-refractivity contribution in [2.45, 2.75) is 19.8 Å².